The quantitative estimate of drug-likeness (QED) is 0.698. The van der Waals surface area contributed by atoms with Crippen LogP contribution in [0.4, 0.5) is 0 Å². The van der Waals surface area contributed by atoms with Crippen molar-refractivity contribution < 1.29 is 9.53 Å². The Bertz CT molecular complexity index is 914. The van der Waals surface area contributed by atoms with E-state index < -0.39 is 0 Å². The van der Waals surface area contributed by atoms with Gasteiger partial charge in [-0.05, 0) is 31.7 Å². The Balaban J connectivity index is 1.59. The number of carbonyl (C=O) groups excluding carboxylic acids is 1. The number of fused-ring (bicyclic) bond motifs is 1. The number of aromatic nitrogens is 2. The minimum Gasteiger partial charge on any atom is -0.467 e. The molecule has 0 saturated carbocycles. The molecule has 6 heteroatoms. The van der Waals surface area contributed by atoms with Crippen molar-refractivity contribution in [2.24, 2.45) is 0 Å². The van der Waals surface area contributed by atoms with Gasteiger partial charge in [-0.2, -0.15) is 0 Å². The highest BCUT2D eigenvalue weighted by Gasteiger charge is 2.19. The fourth-order valence-electron chi connectivity index (χ4n) is 3.27. The van der Waals surface area contributed by atoms with E-state index in [0.29, 0.717) is 5.88 Å². The molecule has 1 fully saturated rings. The lowest BCUT2D eigenvalue weighted by atomic mass is 10.0. The summed E-state index contributed by atoms with van der Waals surface area (Å²) >= 11 is 1.56. The first-order valence-corrected chi connectivity index (χ1v) is 9.80. The number of piperidine rings is 1. The minimum atomic E-state index is 0.0231. The van der Waals surface area contributed by atoms with E-state index in [1.54, 1.807) is 11.3 Å². The van der Waals surface area contributed by atoms with Crippen LogP contribution in [-0.2, 0) is 4.79 Å². The van der Waals surface area contributed by atoms with Crippen molar-refractivity contribution in [3.63, 3.8) is 0 Å². The Labute approximate surface area is 156 Å². The summed E-state index contributed by atoms with van der Waals surface area (Å²) < 4.78 is 5.84. The molecule has 0 radical (unpaired) electrons. The second-order valence-corrected chi connectivity index (χ2v) is 7.46. The highest BCUT2D eigenvalue weighted by Crippen LogP contribution is 2.37. The number of likely N-dealkylation sites (tertiary alicyclic amines) is 1. The van der Waals surface area contributed by atoms with Gasteiger partial charge in [0.1, 0.15) is 11.2 Å². The van der Waals surface area contributed by atoms with Gasteiger partial charge in [0.15, 0.2) is 6.61 Å². The van der Waals surface area contributed by atoms with Crippen molar-refractivity contribution in [3.05, 3.63) is 41.5 Å². The molecule has 134 valence electrons. The Hall–Kier alpha value is -2.47. The summed E-state index contributed by atoms with van der Waals surface area (Å²) in [6, 6.07) is 8.35. The summed E-state index contributed by atoms with van der Waals surface area (Å²) in [4.78, 5) is 23.8. The number of nitrogens with zero attached hydrogens (tertiary/aromatic N) is 3. The van der Waals surface area contributed by atoms with E-state index in [1.807, 2.05) is 4.90 Å². The number of benzene rings is 1. The molecule has 4 rings (SSSR count). The predicted octanol–water partition coefficient (Wildman–Crippen LogP) is 4.06. The average molecular weight is 367 g/mol. The van der Waals surface area contributed by atoms with Gasteiger partial charge in [0.25, 0.3) is 5.91 Å². The van der Waals surface area contributed by atoms with Gasteiger partial charge in [-0.15, -0.1) is 11.3 Å². The average Bonchev–Trinajstić information content (AvgIpc) is 3.12. The number of carbonyl (C=O) groups is 1. The number of ether oxygens (including phenoxy) is 1. The maximum Gasteiger partial charge on any atom is 0.260 e. The van der Waals surface area contributed by atoms with Crippen molar-refractivity contribution in [2.75, 3.05) is 19.7 Å². The zero-order chi connectivity index (χ0) is 17.9. The van der Waals surface area contributed by atoms with E-state index in [-0.39, 0.29) is 12.5 Å². The number of hydrogen-bond donors (Lipinski definition) is 0. The minimum absolute atomic E-state index is 0.0231. The number of aryl methyl sites for hydroxylation is 1. The fourth-order valence-corrected chi connectivity index (χ4v) is 4.17. The van der Waals surface area contributed by atoms with Crippen LogP contribution in [0.2, 0.25) is 0 Å². The van der Waals surface area contributed by atoms with Gasteiger partial charge in [-0.1, -0.05) is 29.8 Å². The van der Waals surface area contributed by atoms with Crippen LogP contribution in [0, 0.1) is 6.92 Å². The largest absolute Gasteiger partial charge is 0.467 e. The molecule has 1 amide bonds. The van der Waals surface area contributed by atoms with Gasteiger partial charge in [-0.25, -0.2) is 9.97 Å². The molecule has 0 N–H and O–H groups in total. The Morgan fingerprint density at radius 2 is 1.92 bits per heavy atom. The lowest BCUT2D eigenvalue weighted by Crippen LogP contribution is -2.38. The summed E-state index contributed by atoms with van der Waals surface area (Å²) in [6.45, 7) is 3.75. The van der Waals surface area contributed by atoms with Crippen LogP contribution in [-0.4, -0.2) is 40.5 Å². The van der Waals surface area contributed by atoms with Gasteiger partial charge in [0.2, 0.25) is 5.88 Å². The summed E-state index contributed by atoms with van der Waals surface area (Å²) in [5.41, 5.74) is 3.36. The molecule has 1 aromatic carbocycles. The number of hydrogen-bond acceptors (Lipinski definition) is 5. The summed E-state index contributed by atoms with van der Waals surface area (Å²) in [7, 11) is 0. The maximum absolute atomic E-state index is 12.4. The smallest absolute Gasteiger partial charge is 0.260 e. The molecule has 26 heavy (non-hydrogen) atoms. The van der Waals surface area contributed by atoms with Gasteiger partial charge < -0.3 is 9.64 Å². The third-order valence-corrected chi connectivity index (χ3v) is 5.63. The zero-order valence-corrected chi connectivity index (χ0v) is 15.6. The molecular formula is C20H21N3O2S. The molecule has 2 aromatic heterocycles. The number of thiophene rings is 1. The normalized spacial score (nSPS) is 14.6. The van der Waals surface area contributed by atoms with Gasteiger partial charge in [0, 0.05) is 24.0 Å². The van der Waals surface area contributed by atoms with E-state index in [9.17, 15) is 4.79 Å². The predicted molar refractivity (Wildman–Crippen MR) is 104 cm³/mol. The zero-order valence-electron chi connectivity index (χ0n) is 14.8. The Morgan fingerprint density at radius 3 is 2.69 bits per heavy atom. The highest BCUT2D eigenvalue weighted by atomic mass is 32.1. The van der Waals surface area contributed by atoms with Crippen LogP contribution >= 0.6 is 11.3 Å². The molecule has 0 bridgehead atoms. The summed E-state index contributed by atoms with van der Waals surface area (Å²) in [5, 5.41) is 2.95. The summed E-state index contributed by atoms with van der Waals surface area (Å²) in [5.74, 6) is 0.515. The topological polar surface area (TPSA) is 55.3 Å². The fraction of sp³-hybridized carbons (Fsp3) is 0.350. The van der Waals surface area contributed by atoms with E-state index in [1.165, 1.54) is 18.3 Å². The van der Waals surface area contributed by atoms with E-state index in [0.717, 1.165) is 47.3 Å². The molecule has 5 nitrogen and oxygen atoms in total. The van der Waals surface area contributed by atoms with E-state index >= 15 is 0 Å². The van der Waals surface area contributed by atoms with Crippen LogP contribution in [0.3, 0.4) is 0 Å². The molecule has 0 atom stereocenters. The molecule has 1 aliphatic heterocycles. The molecule has 0 aliphatic carbocycles. The second-order valence-electron chi connectivity index (χ2n) is 6.60. The first kappa shape index (κ1) is 17.0. The standard InChI is InChI=1S/C20H21N3O2S/c1-14-5-7-15(8-6-14)16-12-26-20-18(16)19(21-13-22-20)25-11-17(24)23-9-3-2-4-10-23/h5-8,12-13H,2-4,9-11H2,1H3. The lowest BCUT2D eigenvalue weighted by Gasteiger charge is -2.26. The van der Waals surface area contributed by atoms with Crippen molar-refractivity contribution >= 4 is 27.5 Å². The molecule has 0 unspecified atom stereocenters. The van der Waals surface area contributed by atoms with Crippen molar-refractivity contribution in [1.82, 2.24) is 14.9 Å². The Morgan fingerprint density at radius 1 is 1.15 bits per heavy atom. The molecule has 1 saturated heterocycles. The SMILES string of the molecule is Cc1ccc(-c2csc3ncnc(OCC(=O)N4CCCCC4)c23)cc1. The second kappa shape index (κ2) is 7.41. The monoisotopic (exact) mass is 367 g/mol. The molecule has 1 aliphatic rings. The molecule has 0 spiro atoms. The number of amides is 1. The van der Waals surface area contributed by atoms with Gasteiger partial charge in [-0.3, -0.25) is 4.79 Å². The maximum atomic E-state index is 12.4. The van der Waals surface area contributed by atoms with E-state index in [2.05, 4.69) is 46.5 Å². The van der Waals surface area contributed by atoms with Gasteiger partial charge >= 0.3 is 0 Å². The van der Waals surface area contributed by atoms with Gasteiger partial charge in [0.05, 0.1) is 5.39 Å². The number of rotatable bonds is 4. The first-order chi connectivity index (χ1) is 12.7. The molecular weight excluding hydrogens is 346 g/mol. The highest BCUT2D eigenvalue weighted by molar-refractivity contribution is 7.17. The van der Waals surface area contributed by atoms with Crippen molar-refractivity contribution in [1.29, 1.82) is 0 Å². The first-order valence-electron chi connectivity index (χ1n) is 8.92. The van der Waals surface area contributed by atoms with Crippen molar-refractivity contribution in [2.45, 2.75) is 26.2 Å². The van der Waals surface area contributed by atoms with Crippen LogP contribution in [0.5, 0.6) is 5.88 Å². The Kier molecular flexibility index (Phi) is 4.84. The van der Waals surface area contributed by atoms with Crippen LogP contribution in [0.1, 0.15) is 24.8 Å². The third-order valence-electron chi connectivity index (χ3n) is 4.74. The molecule has 3 aromatic rings. The van der Waals surface area contributed by atoms with Crippen LogP contribution in [0.15, 0.2) is 36.0 Å². The third kappa shape index (κ3) is 3.42. The van der Waals surface area contributed by atoms with E-state index in [4.69, 9.17) is 4.74 Å². The van der Waals surface area contributed by atoms with Crippen LogP contribution in [0.25, 0.3) is 21.3 Å². The van der Waals surface area contributed by atoms with Crippen molar-refractivity contribution in [3.8, 4) is 17.0 Å². The summed E-state index contributed by atoms with van der Waals surface area (Å²) in [6.07, 6.45) is 4.85. The lowest BCUT2D eigenvalue weighted by molar-refractivity contribution is -0.134. The van der Waals surface area contributed by atoms with Crippen LogP contribution < -0.4 is 4.74 Å². The molecule has 3 heterocycles.